The summed E-state index contributed by atoms with van der Waals surface area (Å²) in [7, 11) is 0. The van der Waals surface area contributed by atoms with Crippen molar-refractivity contribution in [3.8, 4) is 0 Å². The number of nitrogens with one attached hydrogen (secondary N) is 1. The van der Waals surface area contributed by atoms with E-state index in [2.05, 4.69) is 5.32 Å². The van der Waals surface area contributed by atoms with Crippen LogP contribution < -0.4 is 5.32 Å². The zero-order chi connectivity index (χ0) is 14.4. The molecule has 6 heteroatoms. The average Bonchev–Trinajstić information content (AvgIpc) is 2.34. The van der Waals surface area contributed by atoms with Crippen molar-refractivity contribution in [3.05, 3.63) is 39.4 Å². The Hall–Kier alpha value is -1.62. The largest absolute Gasteiger partial charge is 0.352 e. The van der Waals surface area contributed by atoms with Gasteiger partial charge in [0.2, 0.25) is 0 Å². The number of hydrogen-bond donors (Lipinski definition) is 1. The molecule has 104 valence electrons. The molecular formula is C13H17ClN2O3. The van der Waals surface area contributed by atoms with E-state index in [0.29, 0.717) is 17.7 Å². The van der Waals surface area contributed by atoms with E-state index in [1.807, 2.05) is 6.92 Å². The fraction of sp³-hybridized carbons (Fsp3) is 0.462. The van der Waals surface area contributed by atoms with Gasteiger partial charge in [-0.15, -0.1) is 11.6 Å². The second kappa shape index (κ2) is 7.09. The molecule has 0 heterocycles. The van der Waals surface area contributed by atoms with Gasteiger partial charge >= 0.3 is 0 Å². The van der Waals surface area contributed by atoms with Gasteiger partial charge in [0.05, 0.1) is 4.92 Å². The van der Waals surface area contributed by atoms with Gasteiger partial charge < -0.3 is 5.32 Å². The molecule has 1 amide bonds. The predicted octanol–water partition coefficient (Wildman–Crippen LogP) is 3.04. The maximum Gasteiger partial charge on any atom is 0.270 e. The summed E-state index contributed by atoms with van der Waals surface area (Å²) in [6, 6.07) is 4.27. The van der Waals surface area contributed by atoms with Crippen molar-refractivity contribution in [2.45, 2.75) is 32.1 Å². The zero-order valence-electron chi connectivity index (χ0n) is 11.0. The Morgan fingerprint density at radius 1 is 1.53 bits per heavy atom. The molecular weight excluding hydrogens is 268 g/mol. The number of carbonyl (C=O) groups excluding carboxylic acids is 1. The summed E-state index contributed by atoms with van der Waals surface area (Å²) in [4.78, 5) is 22.1. The summed E-state index contributed by atoms with van der Waals surface area (Å²) in [6.45, 7) is 4.16. The normalized spacial score (nSPS) is 11.9. The lowest BCUT2D eigenvalue weighted by Crippen LogP contribution is -2.25. The first-order valence-corrected chi connectivity index (χ1v) is 6.52. The van der Waals surface area contributed by atoms with Crippen LogP contribution in [0.3, 0.4) is 0 Å². The van der Waals surface area contributed by atoms with Gasteiger partial charge in [-0.2, -0.15) is 0 Å². The van der Waals surface area contributed by atoms with Crippen LogP contribution in [0.2, 0.25) is 0 Å². The van der Waals surface area contributed by atoms with E-state index >= 15 is 0 Å². The van der Waals surface area contributed by atoms with Crippen molar-refractivity contribution in [2.75, 3.05) is 6.54 Å². The number of alkyl halides is 1. The molecule has 1 aromatic carbocycles. The smallest absolute Gasteiger partial charge is 0.270 e. The maximum atomic E-state index is 11.9. The molecule has 0 fully saturated rings. The van der Waals surface area contributed by atoms with Crippen molar-refractivity contribution in [1.82, 2.24) is 5.32 Å². The van der Waals surface area contributed by atoms with Crippen molar-refractivity contribution in [1.29, 1.82) is 0 Å². The number of amides is 1. The monoisotopic (exact) mass is 284 g/mol. The van der Waals surface area contributed by atoms with E-state index in [4.69, 9.17) is 11.6 Å². The Balaban J connectivity index is 2.66. The Kier molecular flexibility index (Phi) is 5.76. The third-order valence-electron chi connectivity index (χ3n) is 2.74. The maximum absolute atomic E-state index is 11.9. The molecule has 1 rings (SSSR count). The fourth-order valence-electron chi connectivity index (χ4n) is 1.65. The van der Waals surface area contributed by atoms with Crippen LogP contribution in [0, 0.1) is 17.0 Å². The molecule has 1 atom stereocenters. The number of nitro groups is 1. The summed E-state index contributed by atoms with van der Waals surface area (Å²) in [6.07, 6.45) is 1.60. The van der Waals surface area contributed by atoms with Gasteiger partial charge in [-0.3, -0.25) is 14.9 Å². The number of benzene rings is 1. The van der Waals surface area contributed by atoms with Crippen LogP contribution >= 0.6 is 11.6 Å². The second-order valence-corrected chi connectivity index (χ2v) is 5.18. The number of hydrogen-bond acceptors (Lipinski definition) is 3. The molecule has 1 aromatic rings. The number of nitro benzene ring substituents is 1. The number of aryl methyl sites for hydroxylation is 1. The Morgan fingerprint density at radius 2 is 2.21 bits per heavy atom. The average molecular weight is 285 g/mol. The topological polar surface area (TPSA) is 72.2 Å². The number of nitrogens with zero attached hydrogens (tertiary/aromatic N) is 1. The van der Waals surface area contributed by atoms with Crippen molar-refractivity contribution < 1.29 is 9.72 Å². The first kappa shape index (κ1) is 15.4. The molecule has 1 unspecified atom stereocenters. The van der Waals surface area contributed by atoms with Crippen molar-refractivity contribution >= 4 is 23.2 Å². The number of halogens is 1. The highest BCUT2D eigenvalue weighted by atomic mass is 35.5. The molecule has 0 saturated carbocycles. The Morgan fingerprint density at radius 3 is 2.79 bits per heavy atom. The summed E-state index contributed by atoms with van der Waals surface area (Å²) in [5, 5.41) is 13.5. The van der Waals surface area contributed by atoms with Crippen molar-refractivity contribution in [2.24, 2.45) is 0 Å². The van der Waals surface area contributed by atoms with Crippen LogP contribution in [0.1, 0.15) is 35.7 Å². The van der Waals surface area contributed by atoms with Crippen LogP contribution in [0.25, 0.3) is 0 Å². The first-order valence-electron chi connectivity index (χ1n) is 6.09. The summed E-state index contributed by atoms with van der Waals surface area (Å²) in [5.74, 6) is -0.288. The van der Waals surface area contributed by atoms with Gasteiger partial charge in [0.25, 0.3) is 11.6 Å². The number of carbonyl (C=O) groups is 1. The number of non-ortho nitro benzene ring substituents is 1. The lowest BCUT2D eigenvalue weighted by Gasteiger charge is -2.08. The van der Waals surface area contributed by atoms with E-state index in [1.165, 1.54) is 12.1 Å². The lowest BCUT2D eigenvalue weighted by atomic mass is 10.1. The molecule has 0 radical (unpaired) electrons. The minimum Gasteiger partial charge on any atom is -0.352 e. The van der Waals surface area contributed by atoms with Crippen LogP contribution in [0.5, 0.6) is 0 Å². The molecule has 0 saturated heterocycles. The van der Waals surface area contributed by atoms with Gasteiger partial charge in [-0.1, -0.05) is 6.07 Å². The summed E-state index contributed by atoms with van der Waals surface area (Å²) < 4.78 is 0. The minimum atomic E-state index is -0.509. The molecule has 0 aliphatic heterocycles. The molecule has 1 N–H and O–H groups in total. The molecule has 0 spiro atoms. The minimum absolute atomic E-state index is 0.0786. The van der Waals surface area contributed by atoms with Gasteiger partial charge in [0.15, 0.2) is 0 Å². The third kappa shape index (κ3) is 4.87. The van der Waals surface area contributed by atoms with Crippen LogP contribution in [-0.2, 0) is 0 Å². The van der Waals surface area contributed by atoms with E-state index in [-0.39, 0.29) is 17.0 Å². The first-order chi connectivity index (χ1) is 8.91. The quantitative estimate of drug-likeness (QED) is 0.378. The third-order valence-corrected chi connectivity index (χ3v) is 2.96. The van der Waals surface area contributed by atoms with E-state index < -0.39 is 4.92 Å². The van der Waals surface area contributed by atoms with Crippen LogP contribution in [0.4, 0.5) is 5.69 Å². The van der Waals surface area contributed by atoms with Crippen molar-refractivity contribution in [3.63, 3.8) is 0 Å². The SMILES string of the molecule is Cc1ccc([N+](=O)[O-])cc1C(=O)NCCCC(C)Cl. The fourth-order valence-corrected chi connectivity index (χ4v) is 1.80. The Labute approximate surface area is 117 Å². The molecule has 0 aliphatic rings. The summed E-state index contributed by atoms with van der Waals surface area (Å²) >= 11 is 5.80. The van der Waals surface area contributed by atoms with Gasteiger partial charge in [-0.05, 0) is 32.3 Å². The lowest BCUT2D eigenvalue weighted by molar-refractivity contribution is -0.384. The zero-order valence-corrected chi connectivity index (χ0v) is 11.7. The highest BCUT2D eigenvalue weighted by Gasteiger charge is 2.14. The van der Waals surface area contributed by atoms with Gasteiger partial charge in [0.1, 0.15) is 0 Å². The standard InChI is InChI=1S/C13H17ClN2O3/c1-9-5-6-11(16(18)19)8-12(9)13(17)15-7-3-4-10(2)14/h5-6,8,10H,3-4,7H2,1-2H3,(H,15,17). The highest BCUT2D eigenvalue weighted by Crippen LogP contribution is 2.17. The highest BCUT2D eigenvalue weighted by molar-refractivity contribution is 6.20. The van der Waals surface area contributed by atoms with Gasteiger partial charge in [0, 0.05) is 29.6 Å². The summed E-state index contributed by atoms with van der Waals surface area (Å²) in [5.41, 5.74) is 0.979. The van der Waals surface area contributed by atoms with E-state index in [9.17, 15) is 14.9 Å². The molecule has 0 aromatic heterocycles. The van der Waals surface area contributed by atoms with E-state index in [0.717, 1.165) is 12.8 Å². The molecule has 0 bridgehead atoms. The Bertz CT molecular complexity index is 475. The second-order valence-electron chi connectivity index (χ2n) is 4.44. The number of rotatable bonds is 6. The molecule has 19 heavy (non-hydrogen) atoms. The molecule has 5 nitrogen and oxygen atoms in total. The van der Waals surface area contributed by atoms with Crippen LogP contribution in [0.15, 0.2) is 18.2 Å². The molecule has 0 aliphatic carbocycles. The predicted molar refractivity (Wildman–Crippen MR) is 74.7 cm³/mol. The van der Waals surface area contributed by atoms with Gasteiger partial charge in [-0.25, -0.2) is 0 Å². The van der Waals surface area contributed by atoms with E-state index in [1.54, 1.807) is 13.0 Å². The van der Waals surface area contributed by atoms with Crippen LogP contribution in [-0.4, -0.2) is 22.8 Å².